The second kappa shape index (κ2) is 8.75. The van der Waals surface area contributed by atoms with Gasteiger partial charge in [-0.05, 0) is 43.7 Å². The van der Waals surface area contributed by atoms with E-state index in [4.69, 9.17) is 4.74 Å². The summed E-state index contributed by atoms with van der Waals surface area (Å²) in [5.41, 5.74) is 2.12. The number of hydrogen-bond acceptors (Lipinski definition) is 4. The van der Waals surface area contributed by atoms with Crippen molar-refractivity contribution >= 4 is 15.9 Å². The lowest BCUT2D eigenvalue weighted by atomic mass is 10.2. The predicted octanol–water partition coefficient (Wildman–Crippen LogP) is 2.61. The van der Waals surface area contributed by atoms with Gasteiger partial charge in [0.05, 0.1) is 17.9 Å². The van der Waals surface area contributed by atoms with Gasteiger partial charge in [0, 0.05) is 26.2 Å². The van der Waals surface area contributed by atoms with E-state index in [9.17, 15) is 13.2 Å². The molecule has 1 aliphatic rings. The SMILES string of the molecule is Cc1ccc(S(=O)(=O)N2CCN(C(=O)CCOc3cccc(C)c3)CC2)cc1. The molecule has 2 aromatic carbocycles. The highest BCUT2D eigenvalue weighted by molar-refractivity contribution is 7.89. The molecule has 0 saturated carbocycles. The van der Waals surface area contributed by atoms with E-state index >= 15 is 0 Å². The van der Waals surface area contributed by atoms with Crippen LogP contribution in [0.25, 0.3) is 0 Å². The zero-order valence-electron chi connectivity index (χ0n) is 16.3. The number of benzene rings is 2. The van der Waals surface area contributed by atoms with Crippen LogP contribution < -0.4 is 4.74 Å². The molecule has 0 aromatic heterocycles. The Balaban J connectivity index is 1.49. The van der Waals surface area contributed by atoms with Crippen molar-refractivity contribution in [1.29, 1.82) is 0 Å². The zero-order valence-corrected chi connectivity index (χ0v) is 17.1. The van der Waals surface area contributed by atoms with Crippen molar-refractivity contribution in [2.45, 2.75) is 25.2 Å². The number of carbonyl (C=O) groups is 1. The number of rotatable bonds is 6. The molecule has 1 aliphatic heterocycles. The number of amides is 1. The van der Waals surface area contributed by atoms with E-state index in [1.165, 1.54) is 4.31 Å². The topological polar surface area (TPSA) is 66.9 Å². The Morgan fingerprint density at radius 1 is 0.964 bits per heavy atom. The predicted molar refractivity (Wildman–Crippen MR) is 108 cm³/mol. The summed E-state index contributed by atoms with van der Waals surface area (Å²) in [5.74, 6) is 0.738. The summed E-state index contributed by atoms with van der Waals surface area (Å²) in [5, 5.41) is 0. The van der Waals surface area contributed by atoms with Gasteiger partial charge in [0.1, 0.15) is 5.75 Å². The van der Waals surface area contributed by atoms with Crippen LogP contribution >= 0.6 is 0 Å². The molecule has 0 unspecified atom stereocenters. The lowest BCUT2D eigenvalue weighted by Crippen LogP contribution is -2.50. The van der Waals surface area contributed by atoms with E-state index in [1.54, 1.807) is 29.2 Å². The van der Waals surface area contributed by atoms with Gasteiger partial charge in [-0.2, -0.15) is 4.31 Å². The van der Waals surface area contributed by atoms with Crippen LogP contribution in [0.4, 0.5) is 0 Å². The van der Waals surface area contributed by atoms with Gasteiger partial charge >= 0.3 is 0 Å². The summed E-state index contributed by atoms with van der Waals surface area (Å²) < 4.78 is 32.6. The van der Waals surface area contributed by atoms with Crippen molar-refractivity contribution < 1.29 is 17.9 Å². The Hall–Kier alpha value is -2.38. The standard InChI is InChI=1S/C21H26N2O4S/c1-17-6-8-20(9-7-17)28(25,26)23-13-11-22(12-14-23)21(24)10-15-27-19-5-3-4-18(2)16-19/h3-9,16H,10-15H2,1-2H3. The van der Waals surface area contributed by atoms with Crippen LogP contribution in [0.1, 0.15) is 17.5 Å². The number of hydrogen-bond donors (Lipinski definition) is 0. The fourth-order valence-electron chi connectivity index (χ4n) is 3.16. The number of nitrogens with zero attached hydrogens (tertiary/aromatic N) is 2. The van der Waals surface area contributed by atoms with Crippen LogP contribution in [-0.4, -0.2) is 56.3 Å². The van der Waals surface area contributed by atoms with E-state index in [-0.39, 0.29) is 12.3 Å². The Kier molecular flexibility index (Phi) is 6.36. The van der Waals surface area contributed by atoms with Crippen molar-refractivity contribution in [2.75, 3.05) is 32.8 Å². The maximum atomic E-state index is 12.7. The average molecular weight is 403 g/mol. The first kappa shape index (κ1) is 20.4. The maximum absolute atomic E-state index is 12.7. The Labute approximate surface area is 166 Å². The van der Waals surface area contributed by atoms with Crippen LogP contribution in [0.3, 0.4) is 0 Å². The minimum absolute atomic E-state index is 0.0139. The van der Waals surface area contributed by atoms with Crippen LogP contribution in [0.5, 0.6) is 5.75 Å². The van der Waals surface area contributed by atoms with Crippen molar-refractivity contribution in [2.24, 2.45) is 0 Å². The van der Waals surface area contributed by atoms with E-state index in [0.717, 1.165) is 16.9 Å². The molecule has 1 heterocycles. The molecule has 28 heavy (non-hydrogen) atoms. The molecule has 7 heteroatoms. The molecule has 0 N–H and O–H groups in total. The van der Waals surface area contributed by atoms with Crippen LogP contribution in [0.15, 0.2) is 53.4 Å². The summed E-state index contributed by atoms with van der Waals surface area (Å²) in [6.45, 7) is 5.62. The van der Waals surface area contributed by atoms with Gasteiger partial charge in [-0.1, -0.05) is 29.8 Å². The molecular weight excluding hydrogens is 376 g/mol. The third-order valence-electron chi connectivity index (χ3n) is 4.82. The van der Waals surface area contributed by atoms with Gasteiger partial charge in [0.25, 0.3) is 0 Å². The van der Waals surface area contributed by atoms with Crippen molar-refractivity contribution in [1.82, 2.24) is 9.21 Å². The number of sulfonamides is 1. The molecule has 0 spiro atoms. The average Bonchev–Trinajstić information content (AvgIpc) is 2.68. The zero-order chi connectivity index (χ0) is 20.1. The molecule has 0 radical (unpaired) electrons. The number of aryl methyl sites for hydroxylation is 2. The summed E-state index contributed by atoms with van der Waals surface area (Å²) in [6, 6.07) is 14.5. The highest BCUT2D eigenvalue weighted by Crippen LogP contribution is 2.18. The molecule has 2 aromatic rings. The smallest absolute Gasteiger partial charge is 0.243 e. The van der Waals surface area contributed by atoms with Gasteiger partial charge in [-0.3, -0.25) is 4.79 Å². The Morgan fingerprint density at radius 3 is 2.29 bits per heavy atom. The third kappa shape index (κ3) is 4.91. The van der Waals surface area contributed by atoms with Crippen LogP contribution in [0, 0.1) is 13.8 Å². The summed E-state index contributed by atoms with van der Waals surface area (Å²) in [6.07, 6.45) is 0.276. The van der Waals surface area contributed by atoms with E-state index in [0.29, 0.717) is 37.7 Å². The summed E-state index contributed by atoms with van der Waals surface area (Å²) >= 11 is 0. The lowest BCUT2D eigenvalue weighted by Gasteiger charge is -2.34. The fourth-order valence-corrected chi connectivity index (χ4v) is 4.58. The molecule has 6 nitrogen and oxygen atoms in total. The summed E-state index contributed by atoms with van der Waals surface area (Å²) in [7, 11) is -3.51. The molecule has 3 rings (SSSR count). The van der Waals surface area contributed by atoms with E-state index in [2.05, 4.69) is 0 Å². The van der Waals surface area contributed by atoms with Crippen LogP contribution in [-0.2, 0) is 14.8 Å². The molecule has 150 valence electrons. The van der Waals surface area contributed by atoms with Gasteiger partial charge in [-0.15, -0.1) is 0 Å². The molecule has 1 fully saturated rings. The van der Waals surface area contributed by atoms with Crippen LogP contribution in [0.2, 0.25) is 0 Å². The molecule has 1 saturated heterocycles. The van der Waals surface area contributed by atoms with Gasteiger partial charge in [-0.25, -0.2) is 8.42 Å². The lowest BCUT2D eigenvalue weighted by molar-refractivity contribution is -0.132. The minimum atomic E-state index is -3.51. The van der Waals surface area contributed by atoms with E-state index in [1.807, 2.05) is 38.1 Å². The second-order valence-corrected chi connectivity index (χ2v) is 8.95. The van der Waals surface area contributed by atoms with Gasteiger partial charge in [0.15, 0.2) is 0 Å². The first-order chi connectivity index (χ1) is 13.4. The summed E-state index contributed by atoms with van der Waals surface area (Å²) in [4.78, 5) is 14.4. The van der Waals surface area contributed by atoms with Crippen molar-refractivity contribution in [3.63, 3.8) is 0 Å². The Morgan fingerprint density at radius 2 is 1.64 bits per heavy atom. The fraction of sp³-hybridized carbons (Fsp3) is 0.381. The van der Waals surface area contributed by atoms with Gasteiger partial charge < -0.3 is 9.64 Å². The molecule has 0 aliphatic carbocycles. The highest BCUT2D eigenvalue weighted by Gasteiger charge is 2.29. The highest BCUT2D eigenvalue weighted by atomic mass is 32.2. The van der Waals surface area contributed by atoms with Crippen molar-refractivity contribution in [3.8, 4) is 5.75 Å². The normalized spacial score (nSPS) is 15.4. The second-order valence-electron chi connectivity index (χ2n) is 7.01. The largest absolute Gasteiger partial charge is 0.493 e. The van der Waals surface area contributed by atoms with E-state index < -0.39 is 10.0 Å². The number of piperazine rings is 1. The molecular formula is C21H26N2O4S. The van der Waals surface area contributed by atoms with Crippen molar-refractivity contribution in [3.05, 3.63) is 59.7 Å². The molecule has 0 bridgehead atoms. The first-order valence-corrected chi connectivity index (χ1v) is 10.8. The van der Waals surface area contributed by atoms with Gasteiger partial charge in [0.2, 0.25) is 15.9 Å². The molecule has 0 atom stereocenters. The quantitative estimate of drug-likeness (QED) is 0.745. The third-order valence-corrected chi connectivity index (χ3v) is 6.74. The first-order valence-electron chi connectivity index (χ1n) is 9.40. The molecule has 1 amide bonds. The minimum Gasteiger partial charge on any atom is -0.493 e. The number of ether oxygens (including phenoxy) is 1. The Bertz CT molecular complexity index is 918. The monoisotopic (exact) mass is 402 g/mol. The maximum Gasteiger partial charge on any atom is 0.243 e. The number of carbonyl (C=O) groups excluding carboxylic acids is 1.